The van der Waals surface area contributed by atoms with Crippen LogP contribution in [-0.2, 0) is 25.6 Å². The zero-order valence-electron chi connectivity index (χ0n) is 17.8. The lowest BCUT2D eigenvalue weighted by Gasteiger charge is -2.26. The fourth-order valence-electron chi connectivity index (χ4n) is 3.57. The van der Waals surface area contributed by atoms with Crippen LogP contribution in [0.15, 0.2) is 47.3 Å². The molecule has 7 nitrogen and oxygen atoms in total. The van der Waals surface area contributed by atoms with Gasteiger partial charge in [0.1, 0.15) is 11.2 Å². The van der Waals surface area contributed by atoms with E-state index >= 15 is 0 Å². The lowest BCUT2D eigenvalue weighted by molar-refractivity contribution is -0.136. The fraction of sp³-hybridized carbons (Fsp3) is 0.292. The van der Waals surface area contributed by atoms with Crippen LogP contribution in [0.4, 0.5) is 0 Å². The Kier molecular flexibility index (Phi) is 6.82. The van der Waals surface area contributed by atoms with Crippen molar-refractivity contribution in [1.29, 1.82) is 0 Å². The Hall–Kier alpha value is -3.23. The second-order valence-electron chi connectivity index (χ2n) is 7.34. The Morgan fingerprint density at radius 3 is 2.62 bits per heavy atom. The Morgan fingerprint density at radius 2 is 1.88 bits per heavy atom. The highest BCUT2D eigenvalue weighted by Crippen LogP contribution is 2.15. The average Bonchev–Trinajstić information content (AvgIpc) is 3.08. The number of carbonyl (C=O) groups excluding carboxylic acids is 2. The van der Waals surface area contributed by atoms with Gasteiger partial charge >= 0.3 is 5.97 Å². The van der Waals surface area contributed by atoms with Crippen LogP contribution in [0.1, 0.15) is 12.5 Å². The minimum Gasteiger partial charge on any atom is -0.463 e. The first-order valence-corrected chi connectivity index (χ1v) is 11.3. The normalized spacial score (nSPS) is 15.3. The third-order valence-electron chi connectivity index (χ3n) is 5.19. The van der Waals surface area contributed by atoms with E-state index in [2.05, 4.69) is 0 Å². The van der Waals surface area contributed by atoms with Gasteiger partial charge in [-0.2, -0.15) is 0 Å². The van der Waals surface area contributed by atoms with Crippen molar-refractivity contribution < 1.29 is 19.1 Å². The van der Waals surface area contributed by atoms with Crippen molar-refractivity contribution in [2.45, 2.75) is 13.5 Å². The summed E-state index contributed by atoms with van der Waals surface area (Å²) >= 11 is 1.17. The van der Waals surface area contributed by atoms with E-state index in [9.17, 15) is 14.4 Å². The van der Waals surface area contributed by atoms with Gasteiger partial charge in [0.2, 0.25) is 5.91 Å². The standard InChI is InChI=1S/C24H24N2O5S/c1-2-31-23(28)15-22-26(16-21(27)25-9-11-30-12-10-25)24(29)20(32-22)14-17-7-8-18-5-3-4-6-19(18)13-17/h3-8,13-15H,2,9-12,16H2,1H3/b20-14-,22-15-. The summed E-state index contributed by atoms with van der Waals surface area (Å²) in [6, 6.07) is 13.9. The van der Waals surface area contributed by atoms with Crippen LogP contribution in [0.25, 0.3) is 22.9 Å². The van der Waals surface area contributed by atoms with E-state index < -0.39 is 5.97 Å². The summed E-state index contributed by atoms with van der Waals surface area (Å²) in [5, 5.41) is 2.18. The molecular formula is C24H24N2O5S. The molecule has 1 amide bonds. The summed E-state index contributed by atoms with van der Waals surface area (Å²) < 4.78 is 12.5. The van der Waals surface area contributed by atoms with Gasteiger partial charge in [-0.1, -0.05) is 36.4 Å². The molecule has 8 heteroatoms. The molecule has 0 bridgehead atoms. The lowest BCUT2D eigenvalue weighted by Crippen LogP contribution is -2.45. The van der Waals surface area contributed by atoms with Gasteiger partial charge in [-0.25, -0.2) is 4.79 Å². The number of benzene rings is 2. The highest BCUT2D eigenvalue weighted by atomic mass is 32.1. The van der Waals surface area contributed by atoms with Gasteiger partial charge in [0.25, 0.3) is 5.56 Å². The Balaban J connectivity index is 1.75. The molecule has 4 rings (SSSR count). The quantitative estimate of drug-likeness (QED) is 0.542. The maximum Gasteiger partial charge on any atom is 0.333 e. The molecule has 166 valence electrons. The van der Waals surface area contributed by atoms with Crippen molar-refractivity contribution in [3.05, 3.63) is 67.6 Å². The second kappa shape index (κ2) is 9.93. The maximum atomic E-state index is 13.2. The number of hydrogen-bond donors (Lipinski definition) is 0. The van der Waals surface area contributed by atoms with Crippen LogP contribution in [0.3, 0.4) is 0 Å². The average molecular weight is 453 g/mol. The van der Waals surface area contributed by atoms with Gasteiger partial charge in [0.05, 0.1) is 30.4 Å². The minimum absolute atomic E-state index is 0.133. The van der Waals surface area contributed by atoms with Crippen LogP contribution >= 0.6 is 11.3 Å². The Bertz CT molecular complexity index is 1320. The number of aromatic nitrogens is 1. The molecule has 0 atom stereocenters. The van der Waals surface area contributed by atoms with E-state index in [1.165, 1.54) is 22.0 Å². The van der Waals surface area contributed by atoms with Crippen LogP contribution in [0.5, 0.6) is 0 Å². The zero-order valence-corrected chi connectivity index (χ0v) is 18.6. The third-order valence-corrected chi connectivity index (χ3v) is 6.25. The molecule has 2 heterocycles. The zero-order chi connectivity index (χ0) is 22.5. The van der Waals surface area contributed by atoms with Crippen LogP contribution < -0.4 is 14.8 Å². The van der Waals surface area contributed by atoms with E-state index in [0.717, 1.165) is 16.3 Å². The van der Waals surface area contributed by atoms with Crippen molar-refractivity contribution in [1.82, 2.24) is 9.47 Å². The summed E-state index contributed by atoms with van der Waals surface area (Å²) in [5.74, 6) is -0.720. The van der Waals surface area contributed by atoms with Crippen molar-refractivity contribution >= 4 is 46.1 Å². The molecule has 0 spiro atoms. The molecule has 1 aliphatic heterocycles. The van der Waals surface area contributed by atoms with Gasteiger partial charge in [-0.3, -0.25) is 14.2 Å². The molecule has 32 heavy (non-hydrogen) atoms. The number of nitrogens with zero attached hydrogens (tertiary/aromatic N) is 2. The number of esters is 1. The third kappa shape index (κ3) is 4.98. The predicted molar refractivity (Wildman–Crippen MR) is 124 cm³/mol. The maximum absolute atomic E-state index is 13.2. The van der Waals surface area contributed by atoms with Gasteiger partial charge in [-0.15, -0.1) is 11.3 Å². The minimum atomic E-state index is -0.543. The highest BCUT2D eigenvalue weighted by Gasteiger charge is 2.19. The van der Waals surface area contributed by atoms with Gasteiger partial charge < -0.3 is 14.4 Å². The van der Waals surface area contributed by atoms with Gasteiger partial charge in [-0.05, 0) is 35.4 Å². The van der Waals surface area contributed by atoms with E-state index in [1.807, 2.05) is 42.5 Å². The smallest absolute Gasteiger partial charge is 0.333 e. The molecule has 1 saturated heterocycles. The van der Waals surface area contributed by atoms with Crippen molar-refractivity contribution in [2.75, 3.05) is 32.9 Å². The highest BCUT2D eigenvalue weighted by molar-refractivity contribution is 7.07. The second-order valence-corrected chi connectivity index (χ2v) is 8.40. The number of fused-ring (bicyclic) bond motifs is 1. The number of rotatable bonds is 5. The number of morpholine rings is 1. The number of hydrogen-bond acceptors (Lipinski definition) is 6. The first-order valence-electron chi connectivity index (χ1n) is 10.5. The monoisotopic (exact) mass is 452 g/mol. The SMILES string of the molecule is CCOC(=O)/C=c1\s/c(=C\c2ccc3ccccc3c2)c(=O)n1CC(=O)N1CCOCC1. The van der Waals surface area contributed by atoms with Crippen molar-refractivity contribution in [3.63, 3.8) is 0 Å². The molecular weight excluding hydrogens is 428 g/mol. The summed E-state index contributed by atoms with van der Waals surface area (Å²) in [5.41, 5.74) is 0.566. The van der Waals surface area contributed by atoms with Crippen LogP contribution in [0, 0.1) is 0 Å². The van der Waals surface area contributed by atoms with Gasteiger partial charge in [0, 0.05) is 13.1 Å². The summed E-state index contributed by atoms with van der Waals surface area (Å²) in [4.78, 5) is 39.7. The van der Waals surface area contributed by atoms with Crippen molar-refractivity contribution in [3.8, 4) is 0 Å². The molecule has 1 aliphatic rings. The van der Waals surface area contributed by atoms with E-state index in [-0.39, 0.29) is 24.6 Å². The molecule has 0 saturated carbocycles. The number of carbonyl (C=O) groups is 2. The predicted octanol–water partition coefficient (Wildman–Crippen LogP) is 1.09. The van der Waals surface area contributed by atoms with Gasteiger partial charge in [0.15, 0.2) is 0 Å². The fourth-order valence-corrected chi connectivity index (χ4v) is 4.61. The summed E-state index contributed by atoms with van der Waals surface area (Å²) in [6.45, 7) is 3.75. The Labute approximate surface area is 188 Å². The molecule has 0 N–H and O–H groups in total. The van der Waals surface area contributed by atoms with Crippen molar-refractivity contribution in [2.24, 2.45) is 0 Å². The molecule has 2 aromatic carbocycles. The first kappa shape index (κ1) is 22.0. The molecule has 1 aromatic heterocycles. The molecule has 1 fully saturated rings. The first-order chi connectivity index (χ1) is 15.5. The van der Waals surface area contributed by atoms with E-state index in [0.29, 0.717) is 35.5 Å². The summed E-state index contributed by atoms with van der Waals surface area (Å²) in [6.07, 6.45) is 3.07. The topological polar surface area (TPSA) is 77.8 Å². The molecule has 0 aliphatic carbocycles. The van der Waals surface area contributed by atoms with E-state index in [4.69, 9.17) is 9.47 Å². The summed E-state index contributed by atoms with van der Waals surface area (Å²) in [7, 11) is 0. The molecule has 3 aromatic rings. The van der Waals surface area contributed by atoms with E-state index in [1.54, 1.807) is 17.9 Å². The number of ether oxygens (including phenoxy) is 2. The number of thiazole rings is 1. The van der Waals surface area contributed by atoms with Crippen LogP contribution in [-0.4, -0.2) is 54.3 Å². The Morgan fingerprint density at radius 1 is 1.12 bits per heavy atom. The largest absolute Gasteiger partial charge is 0.463 e. The molecule has 0 unspecified atom stereocenters. The number of amides is 1. The lowest BCUT2D eigenvalue weighted by atomic mass is 10.1. The van der Waals surface area contributed by atoms with Crippen LogP contribution in [0.2, 0.25) is 0 Å². The molecule has 0 radical (unpaired) electrons.